The van der Waals surface area contributed by atoms with Gasteiger partial charge in [0.2, 0.25) is 11.8 Å². The molecule has 0 bridgehead atoms. The van der Waals surface area contributed by atoms with Gasteiger partial charge in [-0.2, -0.15) is 5.26 Å². The van der Waals surface area contributed by atoms with Gasteiger partial charge in [-0.25, -0.2) is 4.39 Å². The van der Waals surface area contributed by atoms with Crippen molar-refractivity contribution in [1.29, 1.82) is 5.26 Å². The fourth-order valence-corrected chi connectivity index (χ4v) is 2.74. The maximum Gasteiger partial charge on any atom is 0.244 e. The summed E-state index contributed by atoms with van der Waals surface area (Å²) in [6.45, 7) is 2.05. The van der Waals surface area contributed by atoms with E-state index in [-0.39, 0.29) is 11.7 Å². The van der Waals surface area contributed by atoms with Crippen LogP contribution in [0.1, 0.15) is 36.1 Å². The highest BCUT2D eigenvalue weighted by atomic mass is 19.1. The molecular weight excluding hydrogens is 283 g/mol. The summed E-state index contributed by atoms with van der Waals surface area (Å²) < 4.78 is 18.7. The third-order valence-electron chi connectivity index (χ3n) is 3.72. The minimum absolute atomic E-state index is 0.0406. The molecule has 0 unspecified atom stereocenters. The van der Waals surface area contributed by atoms with E-state index in [0.717, 1.165) is 29.7 Å². The number of nitriles is 1. The fourth-order valence-electron chi connectivity index (χ4n) is 2.74. The lowest BCUT2D eigenvalue weighted by Crippen LogP contribution is -2.21. The number of fused-ring (bicyclic) bond motifs is 1. The Labute approximate surface area is 127 Å². The van der Waals surface area contributed by atoms with Crippen LogP contribution < -0.4 is 10.5 Å². The predicted octanol–water partition coefficient (Wildman–Crippen LogP) is 2.72. The third-order valence-corrected chi connectivity index (χ3v) is 3.72. The molecule has 22 heavy (non-hydrogen) atoms. The number of hydrogen-bond donors (Lipinski definition) is 2. The van der Waals surface area contributed by atoms with Gasteiger partial charge >= 0.3 is 0 Å². The molecule has 1 atom stereocenters. The maximum atomic E-state index is 13.2. The van der Waals surface area contributed by atoms with E-state index in [0.29, 0.717) is 11.5 Å². The van der Waals surface area contributed by atoms with E-state index < -0.39 is 5.92 Å². The number of nitrogens with two attached hydrogens (primary N) is 1. The summed E-state index contributed by atoms with van der Waals surface area (Å²) in [5, 5.41) is 16.6. The number of ether oxygens (including phenoxy) is 1. The second-order valence-corrected chi connectivity index (χ2v) is 5.15. The summed E-state index contributed by atoms with van der Waals surface area (Å²) in [5.74, 6) is -0.296. The highest BCUT2D eigenvalue weighted by Gasteiger charge is 2.34. The van der Waals surface area contributed by atoms with Crippen molar-refractivity contribution < 1.29 is 9.13 Å². The first-order valence-corrected chi connectivity index (χ1v) is 7.05. The van der Waals surface area contributed by atoms with Crippen LogP contribution in [0.25, 0.3) is 0 Å². The van der Waals surface area contributed by atoms with Crippen molar-refractivity contribution in [2.45, 2.75) is 25.7 Å². The summed E-state index contributed by atoms with van der Waals surface area (Å²) in [4.78, 5) is 0. The molecule has 0 amide bonds. The van der Waals surface area contributed by atoms with Gasteiger partial charge < -0.3 is 10.5 Å². The lowest BCUT2D eigenvalue weighted by atomic mass is 9.83. The van der Waals surface area contributed by atoms with Crippen LogP contribution in [0.15, 0.2) is 35.7 Å². The van der Waals surface area contributed by atoms with Crippen LogP contribution in [0.5, 0.6) is 5.88 Å². The number of aromatic nitrogens is 2. The number of aromatic amines is 1. The number of hydrogen-bond acceptors (Lipinski definition) is 4. The Morgan fingerprint density at radius 3 is 2.77 bits per heavy atom. The van der Waals surface area contributed by atoms with Gasteiger partial charge in [0.25, 0.3) is 0 Å². The topological polar surface area (TPSA) is 87.7 Å². The van der Waals surface area contributed by atoms with Gasteiger partial charge in [-0.05, 0) is 24.1 Å². The second kappa shape index (κ2) is 5.53. The van der Waals surface area contributed by atoms with Crippen LogP contribution in [0.2, 0.25) is 0 Å². The van der Waals surface area contributed by atoms with Crippen LogP contribution in [0.4, 0.5) is 4.39 Å². The van der Waals surface area contributed by atoms with Crippen molar-refractivity contribution in [2.75, 3.05) is 0 Å². The average molecular weight is 298 g/mol. The van der Waals surface area contributed by atoms with Gasteiger partial charge in [-0.15, -0.1) is 5.10 Å². The number of aryl methyl sites for hydroxylation is 1. The van der Waals surface area contributed by atoms with Crippen molar-refractivity contribution >= 4 is 0 Å². The van der Waals surface area contributed by atoms with E-state index in [9.17, 15) is 9.65 Å². The molecule has 0 saturated heterocycles. The lowest BCUT2D eigenvalue weighted by Gasteiger charge is -2.24. The van der Waals surface area contributed by atoms with Crippen molar-refractivity contribution in [3.63, 3.8) is 0 Å². The molecule has 3 N–H and O–H groups in total. The van der Waals surface area contributed by atoms with Crippen molar-refractivity contribution in [1.82, 2.24) is 10.2 Å². The molecule has 2 aromatic rings. The van der Waals surface area contributed by atoms with Gasteiger partial charge in [0.15, 0.2) is 0 Å². The second-order valence-electron chi connectivity index (χ2n) is 5.15. The Morgan fingerprint density at radius 2 is 2.14 bits per heavy atom. The number of benzene rings is 1. The van der Waals surface area contributed by atoms with E-state index in [2.05, 4.69) is 23.2 Å². The average Bonchev–Trinajstić information content (AvgIpc) is 2.90. The minimum atomic E-state index is -0.394. The standard InChI is InChI=1S/C16H15FN4O/c1-2-3-12-14-13(9-4-6-10(17)7-5-9)11(8-18)15(19)22-16(14)21-20-12/h4-7,13H,2-3,19H2,1H3,(H,20,21)/t13-/m0/s1. The summed E-state index contributed by atoms with van der Waals surface area (Å²) in [6, 6.07) is 8.16. The minimum Gasteiger partial charge on any atom is -0.420 e. The molecule has 1 aromatic carbocycles. The van der Waals surface area contributed by atoms with E-state index in [4.69, 9.17) is 10.5 Å². The summed E-state index contributed by atoms with van der Waals surface area (Å²) in [5.41, 5.74) is 8.67. The van der Waals surface area contributed by atoms with E-state index in [1.54, 1.807) is 12.1 Å². The van der Waals surface area contributed by atoms with Gasteiger partial charge in [-0.3, -0.25) is 5.10 Å². The van der Waals surface area contributed by atoms with Crippen molar-refractivity contribution in [2.24, 2.45) is 5.73 Å². The van der Waals surface area contributed by atoms with Crippen LogP contribution in [-0.2, 0) is 6.42 Å². The summed E-state index contributed by atoms with van der Waals surface area (Å²) in [6.07, 6.45) is 1.70. The number of rotatable bonds is 3. The fraction of sp³-hybridized carbons (Fsp3) is 0.250. The smallest absolute Gasteiger partial charge is 0.244 e. The molecule has 0 spiro atoms. The first kappa shape index (κ1) is 14.1. The van der Waals surface area contributed by atoms with Crippen LogP contribution in [0, 0.1) is 17.1 Å². The van der Waals surface area contributed by atoms with Gasteiger partial charge in [0.05, 0.1) is 5.92 Å². The molecule has 2 heterocycles. The number of nitrogens with zero attached hydrogens (tertiary/aromatic N) is 2. The first-order valence-electron chi connectivity index (χ1n) is 7.05. The summed E-state index contributed by atoms with van der Waals surface area (Å²) in [7, 11) is 0. The molecule has 0 radical (unpaired) electrons. The Bertz CT molecular complexity index is 770. The van der Waals surface area contributed by atoms with Crippen LogP contribution in [-0.4, -0.2) is 10.2 Å². The molecule has 0 saturated carbocycles. The maximum absolute atomic E-state index is 13.2. The van der Waals surface area contributed by atoms with Gasteiger partial charge in [0, 0.05) is 11.3 Å². The largest absolute Gasteiger partial charge is 0.420 e. The Balaban J connectivity index is 2.19. The lowest BCUT2D eigenvalue weighted by molar-refractivity contribution is 0.378. The molecule has 3 rings (SSSR count). The first-order chi connectivity index (χ1) is 10.7. The molecule has 5 nitrogen and oxygen atoms in total. The number of allylic oxidation sites excluding steroid dienone is 1. The van der Waals surface area contributed by atoms with Crippen LogP contribution in [0.3, 0.4) is 0 Å². The third kappa shape index (κ3) is 2.21. The van der Waals surface area contributed by atoms with E-state index in [1.165, 1.54) is 12.1 Å². The van der Waals surface area contributed by atoms with E-state index >= 15 is 0 Å². The normalized spacial score (nSPS) is 16.9. The number of nitrogens with one attached hydrogen (secondary N) is 1. The molecule has 1 aliphatic rings. The van der Waals surface area contributed by atoms with Crippen molar-refractivity contribution in [3.05, 3.63) is 58.4 Å². The Hall–Kier alpha value is -2.81. The monoisotopic (exact) mass is 298 g/mol. The molecule has 1 aliphatic heterocycles. The molecular formula is C16H15FN4O. The highest BCUT2D eigenvalue weighted by molar-refractivity contribution is 5.55. The zero-order valence-corrected chi connectivity index (χ0v) is 12.1. The quantitative estimate of drug-likeness (QED) is 0.912. The number of halogens is 1. The van der Waals surface area contributed by atoms with Crippen molar-refractivity contribution in [3.8, 4) is 11.9 Å². The predicted molar refractivity (Wildman–Crippen MR) is 78.3 cm³/mol. The van der Waals surface area contributed by atoms with Gasteiger partial charge in [0.1, 0.15) is 17.5 Å². The molecule has 6 heteroatoms. The van der Waals surface area contributed by atoms with Gasteiger partial charge in [-0.1, -0.05) is 25.5 Å². The Kier molecular flexibility index (Phi) is 3.55. The molecule has 112 valence electrons. The molecule has 1 aromatic heterocycles. The zero-order valence-electron chi connectivity index (χ0n) is 12.1. The molecule has 0 aliphatic carbocycles. The zero-order chi connectivity index (χ0) is 15.7. The van der Waals surface area contributed by atoms with Crippen LogP contribution >= 0.6 is 0 Å². The SMILES string of the molecule is CCCc1[nH]nc2c1[C@@H](c1ccc(F)cc1)C(C#N)=C(N)O2. The van der Waals surface area contributed by atoms with E-state index in [1.807, 2.05) is 0 Å². The Morgan fingerprint density at radius 1 is 1.41 bits per heavy atom. The summed E-state index contributed by atoms with van der Waals surface area (Å²) >= 11 is 0. The molecule has 0 fully saturated rings. The number of H-pyrrole nitrogens is 1. The highest BCUT2D eigenvalue weighted by Crippen LogP contribution is 2.42.